The Hall–Kier alpha value is -1.96. The van der Waals surface area contributed by atoms with Crippen molar-refractivity contribution in [2.24, 2.45) is 0 Å². The molecule has 0 atom stereocenters. The van der Waals surface area contributed by atoms with Crippen molar-refractivity contribution in [3.63, 3.8) is 0 Å². The first-order valence-electron chi connectivity index (χ1n) is 4.67. The van der Waals surface area contributed by atoms with Crippen LogP contribution in [0.4, 0.5) is 18.9 Å². The lowest BCUT2D eigenvalue weighted by Crippen LogP contribution is -2.30. The molecule has 0 aromatic heterocycles. The summed E-state index contributed by atoms with van der Waals surface area (Å²) in [5, 5.41) is 1.83. The molecular weight excluding hydrogens is 269 g/mol. The number of amides is 2. The fraction of sp³-hybridized carbons (Fsp3) is 0.100. The van der Waals surface area contributed by atoms with E-state index in [2.05, 4.69) is 5.32 Å². The summed E-state index contributed by atoms with van der Waals surface area (Å²) in [5.74, 6) is -1.96. The Labute approximate surface area is 104 Å². The van der Waals surface area contributed by atoms with Crippen LogP contribution in [0.15, 0.2) is 24.3 Å². The van der Waals surface area contributed by atoms with Crippen molar-refractivity contribution in [1.82, 2.24) is 5.32 Å². The Morgan fingerprint density at radius 1 is 1.22 bits per heavy atom. The third-order valence-electron chi connectivity index (χ3n) is 2.25. The van der Waals surface area contributed by atoms with E-state index in [1.165, 1.54) is 6.07 Å². The van der Waals surface area contributed by atoms with Gasteiger partial charge in [0, 0.05) is 0 Å². The number of carbonyl (C=O) groups excluding carboxylic acids is 2. The Morgan fingerprint density at radius 3 is 2.39 bits per heavy atom. The molecule has 2 amide bonds. The van der Waals surface area contributed by atoms with Crippen molar-refractivity contribution in [3.8, 4) is 0 Å². The number of anilines is 1. The fourth-order valence-electron chi connectivity index (χ4n) is 1.46. The lowest BCUT2D eigenvalue weighted by molar-refractivity contribution is -0.137. The molecular formula is C10H5F3N2O2S. The van der Waals surface area contributed by atoms with Crippen molar-refractivity contribution in [3.05, 3.63) is 29.8 Å². The molecule has 0 bridgehead atoms. The molecule has 1 aromatic rings. The molecule has 18 heavy (non-hydrogen) atoms. The molecule has 1 N–H and O–H groups in total. The Balaban J connectivity index is 2.44. The number of nitrogens with zero attached hydrogens (tertiary/aromatic N) is 1. The molecule has 1 fully saturated rings. The number of halogens is 3. The fourth-order valence-corrected chi connectivity index (χ4v) is 1.74. The van der Waals surface area contributed by atoms with Crippen molar-refractivity contribution < 1.29 is 22.8 Å². The van der Waals surface area contributed by atoms with Gasteiger partial charge in [0.15, 0.2) is 5.11 Å². The highest BCUT2D eigenvalue weighted by atomic mass is 32.1. The van der Waals surface area contributed by atoms with Crippen LogP contribution in [-0.4, -0.2) is 16.9 Å². The summed E-state index contributed by atoms with van der Waals surface area (Å²) < 4.78 is 37.5. The summed E-state index contributed by atoms with van der Waals surface area (Å²) in [6, 6.07) is 4.02. The van der Waals surface area contributed by atoms with Crippen LogP contribution in [0.25, 0.3) is 0 Å². The monoisotopic (exact) mass is 274 g/mol. The summed E-state index contributed by atoms with van der Waals surface area (Å²) in [4.78, 5) is 23.2. The standard InChI is InChI=1S/C10H5F3N2O2S/c11-10(12,13)5-2-1-3-6(4-5)15-8(17)7(16)14-9(15)18/h1-4H,(H,14,16,18). The van der Waals surface area contributed by atoms with Gasteiger partial charge in [-0.05, 0) is 30.4 Å². The van der Waals surface area contributed by atoms with Gasteiger partial charge in [-0.2, -0.15) is 13.2 Å². The molecule has 0 saturated carbocycles. The van der Waals surface area contributed by atoms with Gasteiger partial charge in [0.1, 0.15) is 0 Å². The lowest BCUT2D eigenvalue weighted by Gasteiger charge is -2.15. The zero-order valence-electron chi connectivity index (χ0n) is 8.62. The minimum absolute atomic E-state index is 0.0989. The van der Waals surface area contributed by atoms with Gasteiger partial charge in [-0.25, -0.2) is 4.90 Å². The molecule has 1 aliphatic heterocycles. The third kappa shape index (κ3) is 2.06. The quantitative estimate of drug-likeness (QED) is 0.623. The molecule has 0 aliphatic carbocycles. The number of hydrogen-bond donors (Lipinski definition) is 1. The maximum atomic E-state index is 12.5. The maximum absolute atomic E-state index is 12.5. The SMILES string of the molecule is O=C1NC(=S)N(c2cccc(C(F)(F)F)c2)C1=O. The van der Waals surface area contributed by atoms with E-state index in [1.54, 1.807) is 0 Å². The molecule has 2 rings (SSSR count). The summed E-state index contributed by atoms with van der Waals surface area (Å²) in [7, 11) is 0. The zero-order chi connectivity index (χ0) is 13.5. The Morgan fingerprint density at radius 2 is 1.89 bits per heavy atom. The van der Waals surface area contributed by atoms with Crippen LogP contribution >= 0.6 is 12.2 Å². The van der Waals surface area contributed by atoms with Crippen LogP contribution in [0.5, 0.6) is 0 Å². The molecule has 94 valence electrons. The van der Waals surface area contributed by atoms with Gasteiger partial charge < -0.3 is 0 Å². The Bertz CT molecular complexity index is 556. The van der Waals surface area contributed by atoms with Gasteiger partial charge in [0.25, 0.3) is 0 Å². The van der Waals surface area contributed by atoms with E-state index in [9.17, 15) is 22.8 Å². The number of alkyl halides is 3. The van der Waals surface area contributed by atoms with Crippen LogP contribution in [0, 0.1) is 0 Å². The van der Waals surface area contributed by atoms with Gasteiger partial charge in [-0.15, -0.1) is 0 Å². The number of nitrogens with one attached hydrogen (secondary N) is 1. The highest BCUT2D eigenvalue weighted by molar-refractivity contribution is 7.80. The zero-order valence-corrected chi connectivity index (χ0v) is 9.43. The molecule has 1 aliphatic rings. The van der Waals surface area contributed by atoms with Crippen molar-refractivity contribution in [2.75, 3.05) is 4.90 Å². The van der Waals surface area contributed by atoms with Crippen LogP contribution in [0.3, 0.4) is 0 Å². The van der Waals surface area contributed by atoms with E-state index in [0.29, 0.717) is 0 Å². The average Bonchev–Trinajstić information content (AvgIpc) is 2.52. The molecule has 8 heteroatoms. The van der Waals surface area contributed by atoms with Gasteiger partial charge >= 0.3 is 18.0 Å². The molecule has 0 radical (unpaired) electrons. The van der Waals surface area contributed by atoms with Crippen molar-refractivity contribution in [1.29, 1.82) is 0 Å². The van der Waals surface area contributed by atoms with Crippen LogP contribution in [-0.2, 0) is 15.8 Å². The molecule has 1 aromatic carbocycles. The molecule has 4 nitrogen and oxygen atoms in total. The predicted molar refractivity (Wildman–Crippen MR) is 59.7 cm³/mol. The van der Waals surface area contributed by atoms with E-state index >= 15 is 0 Å². The largest absolute Gasteiger partial charge is 0.416 e. The van der Waals surface area contributed by atoms with Gasteiger partial charge in [-0.3, -0.25) is 14.9 Å². The second-order valence-corrected chi connectivity index (χ2v) is 3.83. The topological polar surface area (TPSA) is 49.4 Å². The van der Waals surface area contributed by atoms with Gasteiger partial charge in [0.05, 0.1) is 11.3 Å². The molecule has 0 spiro atoms. The third-order valence-corrected chi connectivity index (χ3v) is 2.54. The molecule has 1 heterocycles. The Kier molecular flexibility index (Phi) is 2.81. The van der Waals surface area contributed by atoms with Crippen LogP contribution in [0.1, 0.15) is 5.56 Å². The van der Waals surface area contributed by atoms with Gasteiger partial charge in [0.2, 0.25) is 0 Å². The minimum atomic E-state index is -4.53. The first-order valence-corrected chi connectivity index (χ1v) is 5.08. The second kappa shape index (κ2) is 4.05. The first-order chi connectivity index (χ1) is 8.30. The van der Waals surface area contributed by atoms with Gasteiger partial charge in [-0.1, -0.05) is 6.07 Å². The summed E-state index contributed by atoms with van der Waals surface area (Å²) in [5.41, 5.74) is -1.02. The van der Waals surface area contributed by atoms with Crippen molar-refractivity contribution in [2.45, 2.75) is 6.18 Å². The average molecular weight is 274 g/mol. The van der Waals surface area contributed by atoms with Crippen molar-refractivity contribution >= 4 is 34.8 Å². The molecule has 0 unspecified atom stereocenters. The van der Waals surface area contributed by atoms with E-state index in [4.69, 9.17) is 12.2 Å². The maximum Gasteiger partial charge on any atom is 0.416 e. The molecule has 1 saturated heterocycles. The smallest absolute Gasteiger partial charge is 0.294 e. The number of rotatable bonds is 1. The van der Waals surface area contributed by atoms with Crippen LogP contribution in [0.2, 0.25) is 0 Å². The van der Waals surface area contributed by atoms with E-state index in [0.717, 1.165) is 23.1 Å². The number of hydrogen-bond acceptors (Lipinski definition) is 3. The second-order valence-electron chi connectivity index (χ2n) is 3.45. The van der Waals surface area contributed by atoms with Crippen LogP contribution < -0.4 is 10.2 Å². The minimum Gasteiger partial charge on any atom is -0.294 e. The summed E-state index contributed by atoms with van der Waals surface area (Å²) in [6.07, 6.45) is -4.53. The van der Waals surface area contributed by atoms with E-state index in [-0.39, 0.29) is 10.8 Å². The lowest BCUT2D eigenvalue weighted by atomic mass is 10.2. The first kappa shape index (κ1) is 12.5. The predicted octanol–water partition coefficient (Wildman–Crippen LogP) is 1.45. The van der Waals surface area contributed by atoms with E-state index in [1.807, 2.05) is 0 Å². The highest BCUT2D eigenvalue weighted by Crippen LogP contribution is 2.32. The number of thiocarbonyl (C=S) groups is 1. The summed E-state index contributed by atoms with van der Waals surface area (Å²) >= 11 is 4.71. The highest BCUT2D eigenvalue weighted by Gasteiger charge is 2.37. The summed E-state index contributed by atoms with van der Waals surface area (Å²) in [6.45, 7) is 0. The number of benzene rings is 1. The van der Waals surface area contributed by atoms with E-state index < -0.39 is 23.6 Å². The number of carbonyl (C=O) groups is 2. The normalized spacial score (nSPS) is 16.2.